The lowest BCUT2D eigenvalue weighted by Crippen LogP contribution is -2.40. The second-order valence-electron chi connectivity index (χ2n) is 4.41. The van der Waals surface area contributed by atoms with Gasteiger partial charge in [-0.05, 0) is 13.0 Å². The normalized spacial score (nSPS) is 14.4. The van der Waals surface area contributed by atoms with Gasteiger partial charge in [0.2, 0.25) is 10.0 Å². The summed E-state index contributed by atoms with van der Waals surface area (Å²) in [6.45, 7) is 2.75. The molecule has 116 valence electrons. The fraction of sp³-hybridized carbons (Fsp3) is 0.364. The molecule has 0 fully saturated rings. The number of hydrogen-bond donors (Lipinski definition) is 2. The number of sulfonamides is 1. The molecule has 1 aromatic rings. The summed E-state index contributed by atoms with van der Waals surface area (Å²) in [4.78, 5) is 20.3. The third-order valence-corrected chi connectivity index (χ3v) is 4.94. The fourth-order valence-corrected chi connectivity index (χ4v) is 3.31. The van der Waals surface area contributed by atoms with Gasteiger partial charge in [0.15, 0.2) is 0 Å². The van der Waals surface area contributed by atoms with E-state index in [2.05, 4.69) is 4.72 Å². The lowest BCUT2D eigenvalue weighted by molar-refractivity contribution is -0.384. The molecule has 1 rings (SSSR count). The van der Waals surface area contributed by atoms with E-state index in [1.54, 1.807) is 0 Å². The first-order valence-corrected chi connectivity index (χ1v) is 7.61. The number of rotatable bonds is 6. The Labute approximate surface area is 125 Å². The number of carbonyl (C=O) groups is 1. The highest BCUT2D eigenvalue weighted by Gasteiger charge is 2.27. The molecule has 0 radical (unpaired) electrons. The van der Waals surface area contributed by atoms with E-state index in [1.807, 2.05) is 0 Å². The summed E-state index contributed by atoms with van der Waals surface area (Å²) in [6.07, 6.45) is 0. The minimum atomic E-state index is -4.08. The van der Waals surface area contributed by atoms with E-state index < -0.39 is 32.9 Å². The molecule has 10 heteroatoms. The van der Waals surface area contributed by atoms with E-state index in [9.17, 15) is 23.3 Å². The number of non-ortho nitro benzene ring substituents is 1. The van der Waals surface area contributed by atoms with Gasteiger partial charge >= 0.3 is 5.97 Å². The Morgan fingerprint density at radius 3 is 2.43 bits per heavy atom. The summed E-state index contributed by atoms with van der Waals surface area (Å²) in [6, 6.07) is 2.05. The van der Waals surface area contributed by atoms with Crippen LogP contribution in [0.1, 0.15) is 13.8 Å². The second kappa shape index (κ2) is 6.37. The minimum absolute atomic E-state index is 0.313. The molecule has 1 aromatic carbocycles. The summed E-state index contributed by atoms with van der Waals surface area (Å²) >= 11 is 5.74. The zero-order chi connectivity index (χ0) is 16.4. The van der Waals surface area contributed by atoms with Crippen molar-refractivity contribution < 1.29 is 23.2 Å². The van der Waals surface area contributed by atoms with Crippen LogP contribution in [0.4, 0.5) is 5.69 Å². The Hall–Kier alpha value is -1.71. The first-order chi connectivity index (χ1) is 9.56. The van der Waals surface area contributed by atoms with Crippen molar-refractivity contribution in [3.8, 4) is 0 Å². The maximum atomic E-state index is 12.1. The number of hydrogen-bond acceptors (Lipinski definition) is 5. The predicted molar refractivity (Wildman–Crippen MR) is 74.7 cm³/mol. The standard InChI is InChI=1S/C11H13ClN2O6S/c1-6(11(15)16)7(2)13-21(19,20)10-4-3-8(14(17)18)5-9(10)12/h3-7,13H,1-2H3,(H,15,16). The van der Waals surface area contributed by atoms with E-state index in [4.69, 9.17) is 16.7 Å². The number of nitro groups is 1. The summed E-state index contributed by atoms with van der Waals surface area (Å²) in [7, 11) is -4.08. The number of nitrogens with zero attached hydrogens (tertiary/aromatic N) is 1. The van der Waals surface area contributed by atoms with Crippen LogP contribution in [0, 0.1) is 16.0 Å². The van der Waals surface area contributed by atoms with Crippen molar-refractivity contribution in [2.45, 2.75) is 24.8 Å². The summed E-state index contributed by atoms with van der Waals surface area (Å²) < 4.78 is 26.4. The predicted octanol–water partition coefficient (Wildman–Crippen LogP) is 1.64. The molecule has 2 N–H and O–H groups in total. The molecule has 2 atom stereocenters. The van der Waals surface area contributed by atoms with Crippen LogP contribution in [0.25, 0.3) is 0 Å². The van der Waals surface area contributed by atoms with Crippen LogP contribution >= 0.6 is 11.6 Å². The summed E-state index contributed by atoms with van der Waals surface area (Å²) in [5, 5.41) is 19.1. The zero-order valence-corrected chi connectivity index (χ0v) is 12.7. The smallest absolute Gasteiger partial charge is 0.307 e. The second-order valence-corrected chi connectivity index (χ2v) is 6.50. The number of carboxylic acids is 1. The lowest BCUT2D eigenvalue weighted by atomic mass is 10.1. The van der Waals surface area contributed by atoms with Gasteiger partial charge in [-0.1, -0.05) is 18.5 Å². The highest BCUT2D eigenvalue weighted by Crippen LogP contribution is 2.26. The number of aliphatic carboxylic acids is 1. The van der Waals surface area contributed by atoms with Crippen molar-refractivity contribution in [1.82, 2.24) is 4.72 Å². The monoisotopic (exact) mass is 336 g/mol. The van der Waals surface area contributed by atoms with Gasteiger partial charge in [0.05, 0.1) is 15.9 Å². The molecule has 0 amide bonds. The number of halogens is 1. The molecule has 0 saturated carbocycles. The molecule has 8 nitrogen and oxygen atoms in total. The third-order valence-electron chi connectivity index (χ3n) is 2.90. The molecule has 0 aliphatic carbocycles. The number of nitro benzene ring substituents is 1. The molecular weight excluding hydrogens is 324 g/mol. The highest BCUT2D eigenvalue weighted by atomic mass is 35.5. The van der Waals surface area contributed by atoms with E-state index in [-0.39, 0.29) is 15.6 Å². The van der Waals surface area contributed by atoms with Gasteiger partial charge in [-0.15, -0.1) is 0 Å². The van der Waals surface area contributed by atoms with Crippen LogP contribution in [-0.4, -0.2) is 30.5 Å². The molecule has 0 heterocycles. The van der Waals surface area contributed by atoms with Crippen molar-refractivity contribution >= 4 is 33.3 Å². The van der Waals surface area contributed by atoms with Gasteiger partial charge in [0.25, 0.3) is 5.69 Å². The Bertz CT molecular complexity index is 675. The largest absolute Gasteiger partial charge is 0.481 e. The average molecular weight is 337 g/mol. The van der Waals surface area contributed by atoms with Gasteiger partial charge in [-0.2, -0.15) is 0 Å². The van der Waals surface area contributed by atoms with Crippen LogP contribution in [-0.2, 0) is 14.8 Å². The quantitative estimate of drug-likeness (QED) is 0.600. The van der Waals surface area contributed by atoms with Gasteiger partial charge < -0.3 is 5.11 Å². The van der Waals surface area contributed by atoms with Crippen LogP contribution in [0.5, 0.6) is 0 Å². The Balaban J connectivity index is 3.09. The van der Waals surface area contributed by atoms with E-state index in [1.165, 1.54) is 13.8 Å². The van der Waals surface area contributed by atoms with Crippen LogP contribution in [0.15, 0.2) is 23.1 Å². The Morgan fingerprint density at radius 1 is 1.43 bits per heavy atom. The lowest BCUT2D eigenvalue weighted by Gasteiger charge is -2.18. The molecule has 0 spiro atoms. The first-order valence-electron chi connectivity index (χ1n) is 5.75. The van der Waals surface area contributed by atoms with Gasteiger partial charge in [-0.3, -0.25) is 14.9 Å². The molecule has 0 aliphatic heterocycles. The third kappa shape index (κ3) is 4.13. The minimum Gasteiger partial charge on any atom is -0.481 e. The SMILES string of the molecule is CC(NS(=O)(=O)c1ccc([N+](=O)[O-])cc1Cl)C(C)C(=O)O. The molecular formula is C11H13ClN2O6S. The zero-order valence-electron chi connectivity index (χ0n) is 11.1. The maximum absolute atomic E-state index is 12.1. The van der Waals surface area contributed by atoms with Crippen molar-refractivity contribution in [3.63, 3.8) is 0 Å². The maximum Gasteiger partial charge on any atom is 0.307 e. The molecule has 0 aromatic heterocycles. The topological polar surface area (TPSA) is 127 Å². The molecule has 0 aliphatic rings. The van der Waals surface area contributed by atoms with Gasteiger partial charge in [0.1, 0.15) is 4.90 Å². The van der Waals surface area contributed by atoms with E-state index in [0.29, 0.717) is 0 Å². The Morgan fingerprint density at radius 2 is 2.00 bits per heavy atom. The van der Waals surface area contributed by atoms with Crippen molar-refractivity contribution in [2.24, 2.45) is 5.92 Å². The molecule has 2 unspecified atom stereocenters. The summed E-state index contributed by atoms with van der Waals surface area (Å²) in [5.74, 6) is -2.10. The van der Waals surface area contributed by atoms with Crippen LogP contribution in [0.2, 0.25) is 5.02 Å². The number of benzene rings is 1. The van der Waals surface area contributed by atoms with Crippen molar-refractivity contribution in [1.29, 1.82) is 0 Å². The van der Waals surface area contributed by atoms with Gasteiger partial charge in [0, 0.05) is 18.2 Å². The van der Waals surface area contributed by atoms with Crippen LogP contribution < -0.4 is 4.72 Å². The van der Waals surface area contributed by atoms with Crippen molar-refractivity contribution in [3.05, 3.63) is 33.3 Å². The van der Waals surface area contributed by atoms with Crippen LogP contribution in [0.3, 0.4) is 0 Å². The first kappa shape index (κ1) is 17.3. The highest BCUT2D eigenvalue weighted by molar-refractivity contribution is 7.89. The fourth-order valence-electron chi connectivity index (χ4n) is 1.45. The molecule has 0 bridgehead atoms. The Kier molecular flexibility index (Phi) is 5.26. The van der Waals surface area contributed by atoms with Gasteiger partial charge in [-0.25, -0.2) is 13.1 Å². The summed E-state index contributed by atoms with van der Waals surface area (Å²) in [5.41, 5.74) is -0.342. The van der Waals surface area contributed by atoms with Crippen molar-refractivity contribution in [2.75, 3.05) is 0 Å². The average Bonchev–Trinajstić information content (AvgIpc) is 2.36. The van der Waals surface area contributed by atoms with E-state index in [0.717, 1.165) is 18.2 Å². The number of nitrogens with one attached hydrogen (secondary N) is 1. The molecule has 21 heavy (non-hydrogen) atoms. The number of carboxylic acid groups (broad SMARTS) is 1. The van der Waals surface area contributed by atoms with E-state index >= 15 is 0 Å². The molecule has 0 saturated heterocycles.